The standard InChI is InChI=1S/C18H22N6O3.C2H4O2/c1-24(10-13-4-5-21-23-13)18(27)12-2-3-16(25)14(7-12)22-17(26)15-6-11(8-19)9-20-15;1-2(3)4/h4-6,9,12,14,16,20,25H,2-3,7,10H2,1H3,(H,21,23)(H,22,26);1H3,(H,3,4)/t12-,14+,16+;/m0./s1. The first-order chi connectivity index (χ1) is 14.7. The average Bonchev–Trinajstić information content (AvgIpc) is 3.40. The molecule has 0 radical (unpaired) electrons. The molecule has 2 aromatic heterocycles. The molecule has 0 aliphatic heterocycles. The zero-order valence-corrected chi connectivity index (χ0v) is 17.3. The van der Waals surface area contributed by atoms with Crippen LogP contribution < -0.4 is 5.32 Å². The molecule has 0 aromatic carbocycles. The van der Waals surface area contributed by atoms with Crippen LogP contribution in [0.1, 0.15) is 47.9 Å². The van der Waals surface area contributed by atoms with Gasteiger partial charge in [0.1, 0.15) is 11.8 Å². The fourth-order valence-corrected chi connectivity index (χ4v) is 3.39. The molecule has 1 saturated carbocycles. The number of hydrogen-bond donors (Lipinski definition) is 5. The lowest BCUT2D eigenvalue weighted by Crippen LogP contribution is -2.49. The molecule has 2 aromatic rings. The van der Waals surface area contributed by atoms with Gasteiger partial charge in [0, 0.05) is 32.3 Å². The van der Waals surface area contributed by atoms with Crippen molar-refractivity contribution in [3.63, 3.8) is 0 Å². The zero-order valence-electron chi connectivity index (χ0n) is 17.3. The monoisotopic (exact) mass is 430 g/mol. The molecule has 166 valence electrons. The Morgan fingerprint density at radius 3 is 2.68 bits per heavy atom. The summed E-state index contributed by atoms with van der Waals surface area (Å²) in [5.74, 6) is -1.54. The van der Waals surface area contributed by atoms with Crippen molar-refractivity contribution < 1.29 is 24.6 Å². The van der Waals surface area contributed by atoms with Gasteiger partial charge in [-0.15, -0.1) is 0 Å². The number of carbonyl (C=O) groups is 3. The predicted molar refractivity (Wildman–Crippen MR) is 108 cm³/mol. The van der Waals surface area contributed by atoms with Gasteiger partial charge in [-0.1, -0.05) is 0 Å². The van der Waals surface area contributed by atoms with Crippen molar-refractivity contribution in [2.45, 2.75) is 44.9 Å². The van der Waals surface area contributed by atoms with Gasteiger partial charge in [0.05, 0.1) is 29.9 Å². The lowest BCUT2D eigenvalue weighted by atomic mass is 9.83. The van der Waals surface area contributed by atoms with E-state index >= 15 is 0 Å². The number of aliphatic hydroxyl groups is 1. The minimum Gasteiger partial charge on any atom is -0.481 e. The number of aromatic nitrogens is 3. The summed E-state index contributed by atoms with van der Waals surface area (Å²) in [7, 11) is 1.73. The van der Waals surface area contributed by atoms with Crippen molar-refractivity contribution in [2.75, 3.05) is 7.05 Å². The van der Waals surface area contributed by atoms with Gasteiger partial charge >= 0.3 is 0 Å². The fraction of sp³-hybridized carbons (Fsp3) is 0.450. The van der Waals surface area contributed by atoms with Crippen molar-refractivity contribution in [3.05, 3.63) is 41.5 Å². The fourth-order valence-electron chi connectivity index (χ4n) is 3.39. The smallest absolute Gasteiger partial charge is 0.300 e. The Labute approximate surface area is 179 Å². The van der Waals surface area contributed by atoms with Crippen LogP contribution in [0.4, 0.5) is 0 Å². The van der Waals surface area contributed by atoms with Crippen LogP contribution in [0.15, 0.2) is 24.5 Å². The van der Waals surface area contributed by atoms with Gasteiger partial charge in [-0.05, 0) is 31.4 Å². The molecule has 0 spiro atoms. The first-order valence-electron chi connectivity index (χ1n) is 9.71. The Morgan fingerprint density at radius 2 is 2.10 bits per heavy atom. The summed E-state index contributed by atoms with van der Waals surface area (Å²) in [6.07, 6.45) is 3.75. The Morgan fingerprint density at radius 1 is 1.39 bits per heavy atom. The summed E-state index contributed by atoms with van der Waals surface area (Å²) < 4.78 is 0. The van der Waals surface area contributed by atoms with Crippen LogP contribution in [-0.2, 0) is 16.1 Å². The molecule has 31 heavy (non-hydrogen) atoms. The van der Waals surface area contributed by atoms with E-state index in [0.717, 1.165) is 12.6 Å². The third kappa shape index (κ3) is 6.97. The molecule has 1 aliphatic carbocycles. The second kappa shape index (κ2) is 10.9. The number of nitriles is 1. The van der Waals surface area contributed by atoms with Gasteiger partial charge in [0.2, 0.25) is 5.91 Å². The number of nitrogens with one attached hydrogen (secondary N) is 3. The number of aliphatic carboxylic acids is 1. The minimum atomic E-state index is -0.833. The lowest BCUT2D eigenvalue weighted by molar-refractivity contribution is -0.137. The summed E-state index contributed by atoms with van der Waals surface area (Å²) in [6.45, 7) is 1.51. The van der Waals surface area contributed by atoms with E-state index in [4.69, 9.17) is 15.2 Å². The molecule has 1 aliphatic rings. The molecule has 1 fully saturated rings. The Bertz CT molecular complexity index is 928. The third-order valence-corrected chi connectivity index (χ3v) is 4.88. The number of amides is 2. The van der Waals surface area contributed by atoms with E-state index in [1.807, 2.05) is 12.1 Å². The van der Waals surface area contributed by atoms with Gasteiger partial charge in [0.15, 0.2) is 0 Å². The lowest BCUT2D eigenvalue weighted by Gasteiger charge is -2.34. The van der Waals surface area contributed by atoms with Crippen LogP contribution in [-0.4, -0.2) is 67.3 Å². The number of aromatic amines is 2. The molecular formula is C20H26N6O5. The summed E-state index contributed by atoms with van der Waals surface area (Å²) >= 11 is 0. The van der Waals surface area contributed by atoms with Crippen molar-refractivity contribution in [1.29, 1.82) is 5.26 Å². The largest absolute Gasteiger partial charge is 0.481 e. The highest BCUT2D eigenvalue weighted by atomic mass is 16.4. The van der Waals surface area contributed by atoms with Crippen molar-refractivity contribution in [1.82, 2.24) is 25.4 Å². The first kappa shape index (κ1) is 23.6. The first-order valence-corrected chi connectivity index (χ1v) is 9.71. The second-order valence-electron chi connectivity index (χ2n) is 7.37. The van der Waals surface area contributed by atoms with E-state index in [0.29, 0.717) is 31.4 Å². The van der Waals surface area contributed by atoms with Crippen molar-refractivity contribution in [3.8, 4) is 6.07 Å². The summed E-state index contributed by atoms with van der Waals surface area (Å²) in [6, 6.07) is 4.69. The number of carboxylic acids is 1. The van der Waals surface area contributed by atoms with Gasteiger partial charge in [-0.2, -0.15) is 10.4 Å². The summed E-state index contributed by atoms with van der Waals surface area (Å²) in [5.41, 5.74) is 1.45. The number of aliphatic hydroxyl groups excluding tert-OH is 1. The number of rotatable bonds is 5. The Balaban J connectivity index is 0.000000785. The minimum absolute atomic E-state index is 0.0256. The van der Waals surface area contributed by atoms with Gasteiger partial charge in [-0.3, -0.25) is 19.5 Å². The van der Waals surface area contributed by atoms with Gasteiger partial charge < -0.3 is 25.4 Å². The molecule has 0 unspecified atom stereocenters. The van der Waals surface area contributed by atoms with Crippen LogP contribution in [0, 0.1) is 17.2 Å². The topological polar surface area (TPSA) is 175 Å². The van der Waals surface area contributed by atoms with Crippen LogP contribution in [0.3, 0.4) is 0 Å². The molecule has 2 amide bonds. The van der Waals surface area contributed by atoms with Crippen molar-refractivity contribution >= 4 is 17.8 Å². The molecule has 11 heteroatoms. The normalized spacial score (nSPS) is 20.0. The van der Waals surface area contributed by atoms with Crippen molar-refractivity contribution in [2.24, 2.45) is 5.92 Å². The maximum absolute atomic E-state index is 12.7. The molecule has 3 atom stereocenters. The van der Waals surface area contributed by atoms with E-state index in [2.05, 4.69) is 20.5 Å². The predicted octanol–water partition coefficient (Wildman–Crippen LogP) is 0.618. The molecule has 0 bridgehead atoms. The number of H-pyrrole nitrogens is 2. The number of carboxylic acid groups (broad SMARTS) is 1. The number of nitrogens with zero attached hydrogens (tertiary/aromatic N) is 3. The zero-order chi connectivity index (χ0) is 23.0. The van der Waals surface area contributed by atoms with Crippen LogP contribution in [0.5, 0.6) is 0 Å². The molecule has 5 N–H and O–H groups in total. The quantitative estimate of drug-likeness (QED) is 0.462. The molecule has 11 nitrogen and oxygen atoms in total. The average molecular weight is 430 g/mol. The summed E-state index contributed by atoms with van der Waals surface area (Å²) in [4.78, 5) is 38.4. The Kier molecular flexibility index (Phi) is 8.33. The van der Waals surface area contributed by atoms with Crippen LogP contribution in [0.25, 0.3) is 0 Å². The molecule has 2 heterocycles. The SMILES string of the molecule is CC(=O)O.CN(Cc1ccn[nH]1)C(=O)[C@H]1CC[C@@H](O)[C@H](NC(=O)c2cc(C#N)c[nH]2)C1. The highest BCUT2D eigenvalue weighted by molar-refractivity contribution is 5.93. The third-order valence-electron chi connectivity index (χ3n) is 4.88. The van der Waals surface area contributed by atoms with Gasteiger partial charge in [-0.25, -0.2) is 0 Å². The maximum Gasteiger partial charge on any atom is 0.300 e. The van der Waals surface area contributed by atoms with E-state index in [9.17, 15) is 14.7 Å². The second-order valence-corrected chi connectivity index (χ2v) is 7.37. The molecule has 3 rings (SSSR count). The molecule has 0 saturated heterocycles. The molecular weight excluding hydrogens is 404 g/mol. The van der Waals surface area contributed by atoms with E-state index in [1.165, 1.54) is 12.3 Å². The summed E-state index contributed by atoms with van der Waals surface area (Å²) in [5, 5.41) is 36.0. The van der Waals surface area contributed by atoms with E-state index in [1.54, 1.807) is 18.1 Å². The maximum atomic E-state index is 12.7. The highest BCUT2D eigenvalue weighted by Crippen LogP contribution is 2.27. The van der Waals surface area contributed by atoms with E-state index in [-0.39, 0.29) is 17.5 Å². The van der Waals surface area contributed by atoms with Gasteiger partial charge in [0.25, 0.3) is 11.9 Å². The Hall–Kier alpha value is -3.65. The van der Waals surface area contributed by atoms with Crippen LogP contribution >= 0.6 is 0 Å². The van der Waals surface area contributed by atoms with Crippen LogP contribution in [0.2, 0.25) is 0 Å². The highest BCUT2D eigenvalue weighted by Gasteiger charge is 2.35. The van der Waals surface area contributed by atoms with E-state index < -0.39 is 24.0 Å². The number of carbonyl (C=O) groups excluding carboxylic acids is 2. The number of hydrogen-bond acceptors (Lipinski definition) is 6.